The topological polar surface area (TPSA) is 77.0 Å². The van der Waals surface area contributed by atoms with Crippen molar-refractivity contribution in [1.29, 1.82) is 0 Å². The Labute approximate surface area is 170 Å². The van der Waals surface area contributed by atoms with Crippen molar-refractivity contribution in [2.45, 2.75) is 37.8 Å². The Balaban J connectivity index is 1.32. The summed E-state index contributed by atoms with van der Waals surface area (Å²) in [7, 11) is 3.54. The van der Waals surface area contributed by atoms with Crippen molar-refractivity contribution in [3.63, 3.8) is 0 Å². The van der Waals surface area contributed by atoms with Crippen LogP contribution in [0.3, 0.4) is 0 Å². The van der Waals surface area contributed by atoms with Crippen LogP contribution in [-0.4, -0.2) is 78.4 Å². The van der Waals surface area contributed by atoms with Crippen molar-refractivity contribution in [1.82, 2.24) is 19.8 Å². The van der Waals surface area contributed by atoms with E-state index in [0.29, 0.717) is 32.3 Å². The van der Waals surface area contributed by atoms with Crippen LogP contribution >= 0.6 is 0 Å². The number of amides is 2. The molecule has 2 aromatic rings. The first-order valence-electron chi connectivity index (χ1n) is 10.2. The predicted molar refractivity (Wildman–Crippen MR) is 108 cm³/mol. The van der Waals surface area contributed by atoms with E-state index in [2.05, 4.69) is 9.97 Å². The van der Waals surface area contributed by atoms with E-state index in [1.165, 1.54) is 0 Å². The van der Waals surface area contributed by atoms with Crippen molar-refractivity contribution >= 4 is 16.9 Å². The van der Waals surface area contributed by atoms with Gasteiger partial charge in [0.1, 0.15) is 11.9 Å². The van der Waals surface area contributed by atoms with Crippen LogP contribution in [0.15, 0.2) is 24.4 Å². The van der Waals surface area contributed by atoms with Crippen molar-refractivity contribution in [2.75, 3.05) is 40.5 Å². The number of carbonyl (C=O) groups is 1. The third-order valence-electron chi connectivity index (χ3n) is 5.81. The third-order valence-corrected chi connectivity index (χ3v) is 5.81. The van der Waals surface area contributed by atoms with Gasteiger partial charge in [-0.25, -0.2) is 9.78 Å². The first-order valence-corrected chi connectivity index (χ1v) is 10.2. The normalized spacial score (nSPS) is 22.3. The molecule has 2 aliphatic rings. The van der Waals surface area contributed by atoms with E-state index in [4.69, 9.17) is 14.2 Å². The van der Waals surface area contributed by atoms with Crippen LogP contribution in [0.25, 0.3) is 10.9 Å². The second-order valence-electron chi connectivity index (χ2n) is 7.62. The molecule has 1 aromatic heterocycles. The number of urea groups is 1. The number of nitrogens with zero attached hydrogens (tertiary/aromatic N) is 4. The van der Waals surface area contributed by atoms with E-state index in [0.717, 1.165) is 42.3 Å². The minimum Gasteiger partial charge on any atom is -0.497 e. The smallest absolute Gasteiger partial charge is 0.320 e. The number of ether oxygens (including phenoxy) is 3. The maximum absolute atomic E-state index is 12.7. The molecule has 1 aromatic carbocycles. The molecule has 4 rings (SSSR count). The Kier molecular flexibility index (Phi) is 5.99. The number of hydrogen-bond acceptors (Lipinski definition) is 6. The first kappa shape index (κ1) is 19.7. The fourth-order valence-corrected chi connectivity index (χ4v) is 4.00. The average Bonchev–Trinajstić information content (AvgIpc) is 2.78. The summed E-state index contributed by atoms with van der Waals surface area (Å²) in [6, 6.07) is 6.45. The van der Waals surface area contributed by atoms with Crippen LogP contribution in [0.1, 0.15) is 25.7 Å². The van der Waals surface area contributed by atoms with Gasteiger partial charge in [-0.1, -0.05) is 0 Å². The molecule has 1 aliphatic heterocycles. The Morgan fingerprint density at radius 2 is 1.97 bits per heavy atom. The van der Waals surface area contributed by atoms with Crippen molar-refractivity contribution in [2.24, 2.45) is 0 Å². The number of aromatic nitrogens is 2. The highest BCUT2D eigenvalue weighted by Gasteiger charge is 2.30. The second-order valence-corrected chi connectivity index (χ2v) is 7.62. The number of methoxy groups -OCH3 is 1. The predicted octanol–water partition coefficient (Wildman–Crippen LogP) is 2.71. The Bertz CT molecular complexity index is 848. The van der Waals surface area contributed by atoms with Crippen LogP contribution in [0.4, 0.5) is 4.79 Å². The monoisotopic (exact) mass is 400 g/mol. The molecule has 1 saturated carbocycles. The lowest BCUT2D eigenvalue weighted by Crippen LogP contribution is -2.51. The van der Waals surface area contributed by atoms with Crippen molar-refractivity contribution in [3.05, 3.63) is 24.4 Å². The maximum Gasteiger partial charge on any atom is 0.320 e. The molecule has 0 spiro atoms. The molecule has 2 fully saturated rings. The zero-order chi connectivity index (χ0) is 20.2. The van der Waals surface area contributed by atoms with Crippen LogP contribution in [0.5, 0.6) is 11.8 Å². The highest BCUT2D eigenvalue weighted by Crippen LogP contribution is 2.27. The van der Waals surface area contributed by atoms with Crippen LogP contribution in [0, 0.1) is 0 Å². The van der Waals surface area contributed by atoms with Crippen molar-refractivity contribution in [3.8, 4) is 11.8 Å². The van der Waals surface area contributed by atoms with Gasteiger partial charge < -0.3 is 24.0 Å². The van der Waals surface area contributed by atoms with Gasteiger partial charge in [0.25, 0.3) is 0 Å². The summed E-state index contributed by atoms with van der Waals surface area (Å²) < 4.78 is 16.7. The number of morpholine rings is 1. The Hall–Kier alpha value is -2.61. The lowest BCUT2D eigenvalue weighted by atomic mass is 9.92. The van der Waals surface area contributed by atoms with Gasteiger partial charge in [0.15, 0.2) is 0 Å². The quantitative estimate of drug-likeness (QED) is 0.785. The zero-order valence-corrected chi connectivity index (χ0v) is 17.0. The van der Waals surface area contributed by atoms with Gasteiger partial charge in [-0.15, -0.1) is 0 Å². The minimum atomic E-state index is 0.0706. The van der Waals surface area contributed by atoms with Gasteiger partial charge >= 0.3 is 12.0 Å². The molecule has 0 atom stereocenters. The highest BCUT2D eigenvalue weighted by molar-refractivity contribution is 5.79. The lowest BCUT2D eigenvalue weighted by Gasteiger charge is -2.38. The summed E-state index contributed by atoms with van der Waals surface area (Å²) in [6.45, 7) is 2.59. The van der Waals surface area contributed by atoms with E-state index in [9.17, 15) is 4.79 Å². The zero-order valence-electron chi connectivity index (χ0n) is 17.0. The van der Waals surface area contributed by atoms with Gasteiger partial charge in [-0.05, 0) is 37.8 Å². The van der Waals surface area contributed by atoms with Crippen LogP contribution < -0.4 is 9.47 Å². The molecule has 0 bridgehead atoms. The lowest BCUT2D eigenvalue weighted by molar-refractivity contribution is 0.0366. The number of rotatable bonds is 4. The molecule has 0 unspecified atom stereocenters. The largest absolute Gasteiger partial charge is 0.497 e. The molecular formula is C21H28N4O4. The summed E-state index contributed by atoms with van der Waals surface area (Å²) in [6.07, 6.45) is 5.44. The van der Waals surface area contributed by atoms with Crippen LogP contribution in [0.2, 0.25) is 0 Å². The molecule has 1 saturated heterocycles. The molecular weight excluding hydrogens is 372 g/mol. The first-order chi connectivity index (χ1) is 14.1. The maximum atomic E-state index is 12.7. The summed E-state index contributed by atoms with van der Waals surface area (Å²) in [5.41, 5.74) is 0.805. The van der Waals surface area contributed by atoms with E-state index in [1.54, 1.807) is 13.3 Å². The molecule has 1 aliphatic carbocycles. The summed E-state index contributed by atoms with van der Waals surface area (Å²) in [5, 5.41) is 0.949. The minimum absolute atomic E-state index is 0.0706. The van der Waals surface area contributed by atoms with Gasteiger partial charge in [-0.3, -0.25) is 0 Å². The van der Waals surface area contributed by atoms with E-state index >= 15 is 0 Å². The van der Waals surface area contributed by atoms with E-state index in [-0.39, 0.29) is 18.2 Å². The number of benzene rings is 1. The number of carbonyl (C=O) groups excluding carboxylic acids is 1. The molecule has 0 radical (unpaired) electrons. The fourth-order valence-electron chi connectivity index (χ4n) is 4.00. The molecule has 2 amide bonds. The van der Waals surface area contributed by atoms with Crippen molar-refractivity contribution < 1.29 is 19.0 Å². The Morgan fingerprint density at radius 1 is 1.21 bits per heavy atom. The summed E-state index contributed by atoms with van der Waals surface area (Å²) in [5.74, 6) is 0.760. The van der Waals surface area contributed by atoms with E-state index < -0.39 is 0 Å². The molecule has 29 heavy (non-hydrogen) atoms. The highest BCUT2D eigenvalue weighted by atomic mass is 16.5. The molecule has 8 heteroatoms. The number of fused-ring (bicyclic) bond motifs is 1. The van der Waals surface area contributed by atoms with Crippen LogP contribution in [-0.2, 0) is 4.74 Å². The fraction of sp³-hybridized carbons (Fsp3) is 0.571. The Morgan fingerprint density at radius 3 is 2.69 bits per heavy atom. The molecule has 156 valence electrons. The van der Waals surface area contributed by atoms with E-state index in [1.807, 2.05) is 35.0 Å². The average molecular weight is 400 g/mol. The molecule has 0 N–H and O–H groups in total. The second kappa shape index (κ2) is 8.82. The SMILES string of the molecule is COc1ccc2cnc(OC3CCC(N(C)C(=O)N4CCOCC4)CC3)nc2c1. The summed E-state index contributed by atoms with van der Waals surface area (Å²) in [4.78, 5) is 25.3. The molecule has 2 heterocycles. The van der Waals surface area contributed by atoms with Gasteiger partial charge in [0.2, 0.25) is 0 Å². The molecule has 8 nitrogen and oxygen atoms in total. The standard InChI is InChI=1S/C21H28N4O4/c1-24(21(26)25-9-11-28-12-10-25)16-4-7-17(8-5-16)29-20-22-14-15-3-6-18(27-2)13-19(15)23-20/h3,6,13-14,16-17H,4-5,7-12H2,1-2H3. The third kappa shape index (κ3) is 4.53. The van der Waals surface area contributed by atoms with Gasteiger partial charge in [0, 0.05) is 43.8 Å². The number of hydrogen-bond donors (Lipinski definition) is 0. The van der Waals surface area contributed by atoms with Gasteiger partial charge in [0.05, 0.1) is 25.8 Å². The van der Waals surface area contributed by atoms with Gasteiger partial charge in [-0.2, -0.15) is 4.98 Å². The summed E-state index contributed by atoms with van der Waals surface area (Å²) >= 11 is 0.